The molecule has 0 spiro atoms. The van der Waals surface area contributed by atoms with E-state index < -0.39 is 0 Å². The standard InChI is InChI=1S/C16H16N2O2S/c1-11-15(12(2)20-18-11)10-21-9-14-8-19-16(17-14)13-6-4-3-5-7-13/h3-8H,9-10H2,1-2H3. The topological polar surface area (TPSA) is 52.1 Å². The molecule has 0 atom stereocenters. The lowest BCUT2D eigenvalue weighted by Gasteiger charge is -1.98. The van der Waals surface area contributed by atoms with E-state index in [2.05, 4.69) is 10.1 Å². The monoisotopic (exact) mass is 300 g/mol. The van der Waals surface area contributed by atoms with Crippen molar-refractivity contribution in [1.29, 1.82) is 0 Å². The molecule has 0 aliphatic heterocycles. The van der Waals surface area contributed by atoms with E-state index in [1.54, 1.807) is 18.0 Å². The van der Waals surface area contributed by atoms with Crippen molar-refractivity contribution in [3.05, 3.63) is 59.3 Å². The van der Waals surface area contributed by atoms with Gasteiger partial charge < -0.3 is 8.94 Å². The molecular formula is C16H16N2O2S. The van der Waals surface area contributed by atoms with Crippen LogP contribution in [0.4, 0.5) is 0 Å². The summed E-state index contributed by atoms with van der Waals surface area (Å²) in [5, 5.41) is 3.96. The molecule has 0 fully saturated rings. The molecule has 108 valence electrons. The largest absolute Gasteiger partial charge is 0.444 e. The van der Waals surface area contributed by atoms with Crippen LogP contribution in [0.15, 0.2) is 45.5 Å². The second-order valence-electron chi connectivity index (χ2n) is 4.81. The van der Waals surface area contributed by atoms with Crippen LogP contribution in [-0.2, 0) is 11.5 Å². The van der Waals surface area contributed by atoms with Crippen LogP contribution < -0.4 is 0 Å². The first-order valence-electron chi connectivity index (χ1n) is 6.73. The molecule has 0 saturated carbocycles. The Labute approximate surface area is 127 Å². The summed E-state index contributed by atoms with van der Waals surface area (Å²) in [6.45, 7) is 3.91. The van der Waals surface area contributed by atoms with Gasteiger partial charge >= 0.3 is 0 Å². The van der Waals surface area contributed by atoms with E-state index in [0.29, 0.717) is 5.89 Å². The quantitative estimate of drug-likeness (QED) is 0.700. The normalized spacial score (nSPS) is 11.0. The molecule has 21 heavy (non-hydrogen) atoms. The first kappa shape index (κ1) is 13.9. The number of thioether (sulfide) groups is 1. The van der Waals surface area contributed by atoms with Gasteiger partial charge in [0.2, 0.25) is 5.89 Å². The molecule has 0 unspecified atom stereocenters. The van der Waals surface area contributed by atoms with Crippen LogP contribution in [0, 0.1) is 13.8 Å². The number of aromatic nitrogens is 2. The third-order valence-corrected chi connectivity index (χ3v) is 4.24. The third kappa shape index (κ3) is 3.19. The predicted octanol–water partition coefficient (Wildman–Crippen LogP) is 4.38. The fourth-order valence-corrected chi connectivity index (χ4v) is 3.11. The molecule has 0 bridgehead atoms. The fourth-order valence-electron chi connectivity index (χ4n) is 2.05. The Hall–Kier alpha value is -2.01. The highest BCUT2D eigenvalue weighted by atomic mass is 32.2. The van der Waals surface area contributed by atoms with Gasteiger partial charge in [-0.15, -0.1) is 0 Å². The Bertz CT molecular complexity index is 699. The van der Waals surface area contributed by atoms with Crippen molar-refractivity contribution in [2.75, 3.05) is 0 Å². The second-order valence-corrected chi connectivity index (χ2v) is 5.79. The third-order valence-electron chi connectivity index (χ3n) is 3.25. The van der Waals surface area contributed by atoms with Crippen LogP contribution in [0.5, 0.6) is 0 Å². The molecule has 4 nitrogen and oxygen atoms in total. The minimum atomic E-state index is 0.670. The van der Waals surface area contributed by atoms with Crippen LogP contribution in [0.2, 0.25) is 0 Å². The summed E-state index contributed by atoms with van der Waals surface area (Å²) in [5.74, 6) is 3.24. The fraction of sp³-hybridized carbons (Fsp3) is 0.250. The highest BCUT2D eigenvalue weighted by molar-refractivity contribution is 7.97. The summed E-state index contributed by atoms with van der Waals surface area (Å²) in [6, 6.07) is 9.92. The van der Waals surface area contributed by atoms with E-state index in [4.69, 9.17) is 8.94 Å². The summed E-state index contributed by atoms with van der Waals surface area (Å²) in [5.41, 5.74) is 4.09. The Balaban J connectivity index is 1.61. The van der Waals surface area contributed by atoms with Crippen molar-refractivity contribution in [2.24, 2.45) is 0 Å². The molecule has 2 aromatic heterocycles. The summed E-state index contributed by atoms with van der Waals surface area (Å²) >= 11 is 1.78. The van der Waals surface area contributed by atoms with Gasteiger partial charge in [0.1, 0.15) is 12.0 Å². The number of hydrogen-bond donors (Lipinski definition) is 0. The molecule has 0 aliphatic carbocycles. The van der Waals surface area contributed by atoms with Gasteiger partial charge in [0, 0.05) is 22.6 Å². The maximum absolute atomic E-state index is 5.53. The zero-order valence-electron chi connectivity index (χ0n) is 12.0. The van der Waals surface area contributed by atoms with Crippen molar-refractivity contribution >= 4 is 11.8 Å². The minimum Gasteiger partial charge on any atom is -0.444 e. The van der Waals surface area contributed by atoms with E-state index in [9.17, 15) is 0 Å². The van der Waals surface area contributed by atoms with Crippen LogP contribution >= 0.6 is 11.8 Å². The van der Waals surface area contributed by atoms with Crippen molar-refractivity contribution in [3.63, 3.8) is 0 Å². The summed E-state index contributed by atoms with van der Waals surface area (Å²) in [7, 11) is 0. The van der Waals surface area contributed by atoms with Crippen LogP contribution in [0.3, 0.4) is 0 Å². The van der Waals surface area contributed by atoms with Gasteiger partial charge in [0.15, 0.2) is 0 Å². The Kier molecular flexibility index (Phi) is 4.10. The molecular weight excluding hydrogens is 284 g/mol. The first-order chi connectivity index (χ1) is 10.2. The number of benzene rings is 1. The average molecular weight is 300 g/mol. The molecule has 3 aromatic rings. The summed E-state index contributed by atoms with van der Waals surface area (Å²) in [4.78, 5) is 4.52. The molecule has 0 saturated heterocycles. The molecule has 0 N–H and O–H groups in total. The number of hydrogen-bond acceptors (Lipinski definition) is 5. The van der Waals surface area contributed by atoms with Gasteiger partial charge in [-0.1, -0.05) is 23.4 Å². The van der Waals surface area contributed by atoms with E-state index in [1.165, 1.54) is 5.56 Å². The van der Waals surface area contributed by atoms with E-state index >= 15 is 0 Å². The van der Waals surface area contributed by atoms with E-state index in [0.717, 1.165) is 34.2 Å². The van der Waals surface area contributed by atoms with Gasteiger partial charge in [-0.05, 0) is 26.0 Å². The van der Waals surface area contributed by atoms with Crippen molar-refractivity contribution in [3.8, 4) is 11.5 Å². The zero-order valence-corrected chi connectivity index (χ0v) is 12.8. The first-order valence-corrected chi connectivity index (χ1v) is 7.89. The lowest BCUT2D eigenvalue weighted by atomic mass is 10.2. The highest BCUT2D eigenvalue weighted by Gasteiger charge is 2.10. The SMILES string of the molecule is Cc1noc(C)c1CSCc1coc(-c2ccccc2)n1. The maximum Gasteiger partial charge on any atom is 0.226 e. The molecule has 0 aliphatic rings. The predicted molar refractivity (Wildman–Crippen MR) is 82.9 cm³/mol. The second kappa shape index (κ2) is 6.18. The van der Waals surface area contributed by atoms with Crippen LogP contribution in [-0.4, -0.2) is 10.1 Å². The molecule has 0 radical (unpaired) electrons. The molecule has 1 aromatic carbocycles. The van der Waals surface area contributed by atoms with Crippen LogP contribution in [0.1, 0.15) is 22.7 Å². The van der Waals surface area contributed by atoms with Gasteiger partial charge in [0.25, 0.3) is 0 Å². The Morgan fingerprint density at radius 3 is 2.62 bits per heavy atom. The molecule has 2 heterocycles. The number of aryl methyl sites for hydroxylation is 2. The van der Waals surface area contributed by atoms with Gasteiger partial charge in [-0.25, -0.2) is 4.98 Å². The minimum absolute atomic E-state index is 0.670. The lowest BCUT2D eigenvalue weighted by molar-refractivity contribution is 0.392. The summed E-state index contributed by atoms with van der Waals surface area (Å²) in [6.07, 6.45) is 1.72. The number of nitrogens with zero attached hydrogens (tertiary/aromatic N) is 2. The van der Waals surface area contributed by atoms with Gasteiger partial charge in [0.05, 0.1) is 11.4 Å². The number of oxazole rings is 1. The Morgan fingerprint density at radius 2 is 1.90 bits per heavy atom. The van der Waals surface area contributed by atoms with Crippen molar-refractivity contribution < 1.29 is 8.94 Å². The molecule has 0 amide bonds. The van der Waals surface area contributed by atoms with Crippen molar-refractivity contribution in [1.82, 2.24) is 10.1 Å². The molecule has 3 rings (SSSR count). The van der Waals surface area contributed by atoms with Crippen molar-refractivity contribution in [2.45, 2.75) is 25.4 Å². The maximum atomic E-state index is 5.53. The van der Waals surface area contributed by atoms with E-state index in [-0.39, 0.29) is 0 Å². The average Bonchev–Trinajstić information content (AvgIpc) is 3.10. The summed E-state index contributed by atoms with van der Waals surface area (Å²) < 4.78 is 10.7. The van der Waals surface area contributed by atoms with E-state index in [1.807, 2.05) is 44.2 Å². The molecule has 5 heteroatoms. The van der Waals surface area contributed by atoms with Gasteiger partial charge in [-0.2, -0.15) is 11.8 Å². The Morgan fingerprint density at radius 1 is 1.10 bits per heavy atom. The highest BCUT2D eigenvalue weighted by Crippen LogP contribution is 2.24. The van der Waals surface area contributed by atoms with Gasteiger partial charge in [-0.3, -0.25) is 0 Å². The zero-order chi connectivity index (χ0) is 14.7. The van der Waals surface area contributed by atoms with Crippen LogP contribution in [0.25, 0.3) is 11.5 Å². The lowest BCUT2D eigenvalue weighted by Crippen LogP contribution is -1.87. The number of rotatable bonds is 5. The smallest absolute Gasteiger partial charge is 0.226 e.